The summed E-state index contributed by atoms with van der Waals surface area (Å²) in [5.74, 6) is 2.30. The number of carbonyl (C=O) groups excluding carboxylic acids is 1. The molecule has 1 saturated carbocycles. The monoisotopic (exact) mass is 402 g/mol. The van der Waals surface area contributed by atoms with Gasteiger partial charge < -0.3 is 14.7 Å². The Morgan fingerprint density at radius 1 is 1.25 bits per heavy atom. The molecule has 1 aliphatic carbocycles. The highest BCUT2D eigenvalue weighted by Crippen LogP contribution is 2.26. The van der Waals surface area contributed by atoms with E-state index in [0.717, 1.165) is 43.1 Å². The standard InChI is InChI=1S/C21H30N4O2S/c26-19(8-3-9-20-23-21(24-27-20)18-7-4-14-28-18)22-17-10-12-25(13-11-17)15-16-5-1-2-6-16/h4,7,14,16-17H,1-3,5-6,8-13,15H2,(H,22,26). The lowest BCUT2D eigenvalue weighted by atomic mass is 10.0. The topological polar surface area (TPSA) is 71.3 Å². The average molecular weight is 403 g/mol. The number of rotatable bonds is 8. The van der Waals surface area contributed by atoms with Crippen molar-refractivity contribution in [1.29, 1.82) is 0 Å². The predicted octanol–water partition coefficient (Wildman–Crippen LogP) is 3.89. The zero-order chi connectivity index (χ0) is 19.2. The summed E-state index contributed by atoms with van der Waals surface area (Å²) in [7, 11) is 0. The molecular formula is C21H30N4O2S. The SMILES string of the molecule is O=C(CCCc1nc(-c2cccs2)no1)NC1CCN(CC2CCCC2)CC1. The average Bonchev–Trinajstić information content (AvgIpc) is 3.46. The van der Waals surface area contributed by atoms with Crippen molar-refractivity contribution in [3.05, 3.63) is 23.4 Å². The van der Waals surface area contributed by atoms with E-state index in [9.17, 15) is 4.79 Å². The van der Waals surface area contributed by atoms with Crippen molar-refractivity contribution in [2.75, 3.05) is 19.6 Å². The smallest absolute Gasteiger partial charge is 0.226 e. The van der Waals surface area contributed by atoms with Crippen LogP contribution in [0.15, 0.2) is 22.0 Å². The molecule has 4 rings (SSSR count). The summed E-state index contributed by atoms with van der Waals surface area (Å²) in [6.07, 6.45) is 9.69. The zero-order valence-corrected chi connectivity index (χ0v) is 17.3. The van der Waals surface area contributed by atoms with Crippen LogP contribution in [0.5, 0.6) is 0 Å². The Balaban J connectivity index is 1.12. The van der Waals surface area contributed by atoms with Crippen molar-refractivity contribution in [3.8, 4) is 10.7 Å². The molecule has 0 spiro atoms. The zero-order valence-electron chi connectivity index (χ0n) is 16.4. The maximum atomic E-state index is 12.3. The van der Waals surface area contributed by atoms with Gasteiger partial charge in [0.1, 0.15) is 0 Å². The first-order valence-corrected chi connectivity index (χ1v) is 11.5. The van der Waals surface area contributed by atoms with Gasteiger partial charge in [-0.3, -0.25) is 4.79 Å². The third-order valence-corrected chi connectivity index (χ3v) is 6.81. The summed E-state index contributed by atoms with van der Waals surface area (Å²) in [5, 5.41) is 9.22. The van der Waals surface area contributed by atoms with Gasteiger partial charge in [0.25, 0.3) is 0 Å². The molecule has 2 aliphatic rings. The van der Waals surface area contributed by atoms with Crippen LogP contribution in [0.4, 0.5) is 0 Å². The van der Waals surface area contributed by atoms with Gasteiger partial charge in [-0.1, -0.05) is 24.1 Å². The van der Waals surface area contributed by atoms with E-state index >= 15 is 0 Å². The maximum absolute atomic E-state index is 12.3. The Labute approximate surface area is 170 Å². The second kappa shape index (κ2) is 9.65. The van der Waals surface area contributed by atoms with Crippen LogP contribution < -0.4 is 5.32 Å². The molecule has 7 heteroatoms. The number of aryl methyl sites for hydroxylation is 1. The van der Waals surface area contributed by atoms with Crippen LogP contribution >= 0.6 is 11.3 Å². The summed E-state index contributed by atoms with van der Waals surface area (Å²) >= 11 is 1.59. The van der Waals surface area contributed by atoms with Gasteiger partial charge >= 0.3 is 0 Å². The molecule has 0 atom stereocenters. The van der Waals surface area contributed by atoms with Crippen LogP contribution in [0.1, 0.15) is 57.3 Å². The second-order valence-electron chi connectivity index (χ2n) is 8.14. The first-order chi connectivity index (χ1) is 13.8. The number of carbonyl (C=O) groups is 1. The largest absolute Gasteiger partial charge is 0.353 e. The van der Waals surface area contributed by atoms with Crippen LogP contribution in [0.25, 0.3) is 10.7 Å². The summed E-state index contributed by atoms with van der Waals surface area (Å²) in [6, 6.07) is 4.28. The minimum Gasteiger partial charge on any atom is -0.353 e. The summed E-state index contributed by atoms with van der Waals surface area (Å²) in [6.45, 7) is 3.50. The highest BCUT2D eigenvalue weighted by Gasteiger charge is 2.24. The highest BCUT2D eigenvalue weighted by molar-refractivity contribution is 7.13. The third kappa shape index (κ3) is 5.41. The molecule has 0 bridgehead atoms. The van der Waals surface area contributed by atoms with Crippen LogP contribution in [0.3, 0.4) is 0 Å². The van der Waals surface area contributed by atoms with E-state index in [4.69, 9.17) is 4.52 Å². The minimum atomic E-state index is 0.146. The molecule has 1 saturated heterocycles. The Morgan fingerprint density at radius 2 is 2.07 bits per heavy atom. The van der Waals surface area contributed by atoms with E-state index in [1.54, 1.807) is 11.3 Å². The molecule has 2 aromatic rings. The quantitative estimate of drug-likeness (QED) is 0.725. The van der Waals surface area contributed by atoms with Crippen LogP contribution in [0, 0.1) is 5.92 Å². The van der Waals surface area contributed by atoms with Gasteiger partial charge in [-0.15, -0.1) is 11.3 Å². The number of hydrogen-bond donors (Lipinski definition) is 1. The van der Waals surface area contributed by atoms with E-state index in [2.05, 4.69) is 20.4 Å². The van der Waals surface area contributed by atoms with Gasteiger partial charge in [-0.05, 0) is 49.5 Å². The first kappa shape index (κ1) is 19.6. The van der Waals surface area contributed by atoms with Gasteiger partial charge in [0.05, 0.1) is 4.88 Å². The molecule has 2 aromatic heterocycles. The molecule has 3 heterocycles. The number of piperidine rings is 1. The summed E-state index contributed by atoms with van der Waals surface area (Å²) < 4.78 is 5.29. The number of likely N-dealkylation sites (tertiary alicyclic amines) is 1. The molecule has 2 fully saturated rings. The third-order valence-electron chi connectivity index (χ3n) is 5.95. The van der Waals surface area contributed by atoms with Gasteiger partial charge in [0.2, 0.25) is 17.6 Å². The minimum absolute atomic E-state index is 0.146. The predicted molar refractivity (Wildman–Crippen MR) is 110 cm³/mol. The Bertz CT molecular complexity index is 731. The molecule has 6 nitrogen and oxygen atoms in total. The Morgan fingerprint density at radius 3 is 2.82 bits per heavy atom. The van der Waals surface area contributed by atoms with E-state index in [1.165, 1.54) is 32.2 Å². The van der Waals surface area contributed by atoms with Crippen molar-refractivity contribution in [3.63, 3.8) is 0 Å². The Hall–Kier alpha value is -1.73. The first-order valence-electron chi connectivity index (χ1n) is 10.6. The van der Waals surface area contributed by atoms with Crippen LogP contribution in [-0.4, -0.2) is 46.6 Å². The number of nitrogens with zero attached hydrogens (tertiary/aromatic N) is 3. The van der Waals surface area contributed by atoms with Gasteiger partial charge in [-0.2, -0.15) is 4.98 Å². The lowest BCUT2D eigenvalue weighted by molar-refractivity contribution is -0.122. The molecule has 0 aromatic carbocycles. The molecule has 1 N–H and O–H groups in total. The fourth-order valence-corrected chi connectivity index (χ4v) is 5.03. The van der Waals surface area contributed by atoms with Crippen molar-refractivity contribution in [1.82, 2.24) is 20.4 Å². The second-order valence-corrected chi connectivity index (χ2v) is 9.08. The van der Waals surface area contributed by atoms with Crippen molar-refractivity contribution >= 4 is 17.2 Å². The lowest BCUT2D eigenvalue weighted by Crippen LogP contribution is -2.45. The van der Waals surface area contributed by atoms with E-state index < -0.39 is 0 Å². The molecule has 28 heavy (non-hydrogen) atoms. The van der Waals surface area contributed by atoms with Crippen molar-refractivity contribution in [2.24, 2.45) is 5.92 Å². The number of nitrogens with one attached hydrogen (secondary N) is 1. The summed E-state index contributed by atoms with van der Waals surface area (Å²) in [4.78, 5) is 20.3. The van der Waals surface area contributed by atoms with Gasteiger partial charge in [0.15, 0.2) is 0 Å². The lowest BCUT2D eigenvalue weighted by Gasteiger charge is -2.33. The number of thiophene rings is 1. The molecular weight excluding hydrogens is 372 g/mol. The van der Waals surface area contributed by atoms with E-state index in [0.29, 0.717) is 30.6 Å². The normalized spacial score (nSPS) is 19.3. The van der Waals surface area contributed by atoms with Gasteiger partial charge in [0, 0.05) is 38.5 Å². The summed E-state index contributed by atoms with van der Waals surface area (Å²) in [5.41, 5.74) is 0. The molecule has 0 unspecified atom stereocenters. The fraction of sp³-hybridized carbons (Fsp3) is 0.667. The van der Waals surface area contributed by atoms with Crippen LogP contribution in [0.2, 0.25) is 0 Å². The maximum Gasteiger partial charge on any atom is 0.226 e. The fourth-order valence-electron chi connectivity index (χ4n) is 4.38. The van der Waals surface area contributed by atoms with Gasteiger partial charge in [-0.25, -0.2) is 0 Å². The number of hydrogen-bond acceptors (Lipinski definition) is 6. The van der Waals surface area contributed by atoms with E-state index in [1.807, 2.05) is 17.5 Å². The van der Waals surface area contributed by atoms with E-state index in [-0.39, 0.29) is 5.91 Å². The number of amides is 1. The van der Waals surface area contributed by atoms with Crippen molar-refractivity contribution < 1.29 is 9.32 Å². The van der Waals surface area contributed by atoms with Crippen molar-refractivity contribution in [2.45, 2.75) is 63.8 Å². The molecule has 0 radical (unpaired) electrons. The molecule has 152 valence electrons. The Kier molecular flexibility index (Phi) is 6.75. The molecule has 1 amide bonds. The highest BCUT2D eigenvalue weighted by atomic mass is 32.1. The van der Waals surface area contributed by atoms with Crippen LogP contribution in [-0.2, 0) is 11.2 Å². The number of aromatic nitrogens is 2. The molecule has 1 aliphatic heterocycles.